The Bertz CT molecular complexity index is 334. The van der Waals surface area contributed by atoms with E-state index in [0.29, 0.717) is 5.69 Å². The first kappa shape index (κ1) is 7.91. The first-order valence-electron chi connectivity index (χ1n) is 4.11. The number of para-hydroxylation sites is 2. The fraction of sp³-hybridized carbons (Fsp3) is 0.222. The van der Waals surface area contributed by atoms with E-state index in [2.05, 4.69) is 5.32 Å². The Morgan fingerprint density at radius 2 is 2.08 bits per heavy atom. The molecule has 0 aliphatic carbocycles. The number of nitrogens with one attached hydrogen (secondary N) is 1. The van der Waals surface area contributed by atoms with E-state index < -0.39 is 0 Å². The van der Waals surface area contributed by atoms with Gasteiger partial charge in [-0.2, -0.15) is 0 Å². The summed E-state index contributed by atoms with van der Waals surface area (Å²) < 4.78 is 0. The lowest BCUT2D eigenvalue weighted by atomic mass is 10.3. The molecule has 1 fully saturated rings. The highest BCUT2D eigenvalue weighted by atomic mass is 16.3. The van der Waals surface area contributed by atoms with Crippen molar-refractivity contribution in [3.8, 4) is 5.75 Å². The molecule has 68 valence electrons. The number of nitrogens with zero attached hydrogens (tertiary/aromatic N) is 1. The Morgan fingerprint density at radius 1 is 1.38 bits per heavy atom. The molecule has 4 heteroatoms. The zero-order valence-electron chi connectivity index (χ0n) is 7.03. The minimum absolute atomic E-state index is 0.0951. The van der Waals surface area contributed by atoms with Crippen LogP contribution in [0.3, 0.4) is 0 Å². The fourth-order valence-electron chi connectivity index (χ4n) is 1.03. The van der Waals surface area contributed by atoms with Gasteiger partial charge in [0.25, 0.3) is 0 Å². The van der Waals surface area contributed by atoms with Gasteiger partial charge in [0.1, 0.15) is 5.75 Å². The van der Waals surface area contributed by atoms with Crippen molar-refractivity contribution >= 4 is 11.7 Å². The van der Waals surface area contributed by atoms with Gasteiger partial charge in [0.05, 0.1) is 5.69 Å². The first-order chi connectivity index (χ1) is 6.27. The van der Waals surface area contributed by atoms with Crippen LogP contribution in [0, 0.1) is 0 Å². The summed E-state index contributed by atoms with van der Waals surface area (Å²) in [5.74, 6) is 0.0951. The standard InChI is InChI=1S/C9H10N2O2/c12-8-4-2-1-3-7(8)10-9(13)11-5-6-11/h1-4,12H,5-6H2,(H,10,13). The molecule has 0 radical (unpaired) electrons. The van der Waals surface area contributed by atoms with Crippen molar-refractivity contribution in [1.82, 2.24) is 4.90 Å². The van der Waals surface area contributed by atoms with E-state index in [1.807, 2.05) is 0 Å². The summed E-state index contributed by atoms with van der Waals surface area (Å²) in [7, 11) is 0. The third-order valence-electron chi connectivity index (χ3n) is 1.88. The summed E-state index contributed by atoms with van der Waals surface area (Å²) >= 11 is 0. The largest absolute Gasteiger partial charge is 0.506 e. The number of phenols is 1. The van der Waals surface area contributed by atoms with Gasteiger partial charge in [-0.05, 0) is 12.1 Å². The van der Waals surface area contributed by atoms with E-state index in [4.69, 9.17) is 0 Å². The molecule has 2 rings (SSSR count). The quantitative estimate of drug-likeness (QED) is 0.502. The lowest BCUT2D eigenvalue weighted by Crippen LogP contribution is -2.18. The van der Waals surface area contributed by atoms with Crippen LogP contribution in [-0.4, -0.2) is 29.1 Å². The number of aromatic hydroxyl groups is 1. The summed E-state index contributed by atoms with van der Waals surface area (Å²) in [5, 5.41) is 11.9. The van der Waals surface area contributed by atoms with Crippen LogP contribution < -0.4 is 5.32 Å². The highest BCUT2D eigenvalue weighted by Crippen LogP contribution is 2.22. The maximum absolute atomic E-state index is 11.2. The number of rotatable bonds is 1. The third kappa shape index (κ3) is 1.72. The fourth-order valence-corrected chi connectivity index (χ4v) is 1.03. The number of anilines is 1. The molecule has 0 saturated carbocycles. The van der Waals surface area contributed by atoms with Crippen molar-refractivity contribution < 1.29 is 9.90 Å². The number of hydrogen-bond donors (Lipinski definition) is 2. The van der Waals surface area contributed by atoms with Gasteiger partial charge in [-0.15, -0.1) is 0 Å². The first-order valence-corrected chi connectivity index (χ1v) is 4.11. The Morgan fingerprint density at radius 3 is 2.69 bits per heavy atom. The van der Waals surface area contributed by atoms with Crippen molar-refractivity contribution in [2.45, 2.75) is 0 Å². The molecule has 0 spiro atoms. The van der Waals surface area contributed by atoms with Crippen LogP contribution in [-0.2, 0) is 0 Å². The van der Waals surface area contributed by atoms with Gasteiger partial charge in [0.2, 0.25) is 0 Å². The van der Waals surface area contributed by atoms with Gasteiger partial charge in [0, 0.05) is 13.1 Å². The predicted octanol–water partition coefficient (Wildman–Crippen LogP) is 1.24. The predicted molar refractivity (Wildman–Crippen MR) is 48.7 cm³/mol. The molecule has 1 saturated heterocycles. The van der Waals surface area contributed by atoms with Crippen LogP contribution >= 0.6 is 0 Å². The minimum atomic E-state index is -0.151. The van der Waals surface area contributed by atoms with Crippen LogP contribution in [0.5, 0.6) is 5.75 Å². The summed E-state index contributed by atoms with van der Waals surface area (Å²) in [6, 6.07) is 6.52. The van der Waals surface area contributed by atoms with Crippen molar-refractivity contribution in [2.24, 2.45) is 0 Å². The monoisotopic (exact) mass is 178 g/mol. The molecule has 0 unspecified atom stereocenters. The average molecular weight is 178 g/mol. The second kappa shape index (κ2) is 2.97. The molecule has 1 aliphatic rings. The molecule has 0 aromatic heterocycles. The Balaban J connectivity index is 2.08. The van der Waals surface area contributed by atoms with E-state index in [1.165, 1.54) is 6.07 Å². The highest BCUT2D eigenvalue weighted by Gasteiger charge is 2.24. The van der Waals surface area contributed by atoms with Gasteiger partial charge in [-0.3, -0.25) is 0 Å². The Kier molecular flexibility index (Phi) is 1.81. The Labute approximate surface area is 75.8 Å². The van der Waals surface area contributed by atoms with Crippen molar-refractivity contribution in [1.29, 1.82) is 0 Å². The van der Waals surface area contributed by atoms with Crippen molar-refractivity contribution in [2.75, 3.05) is 18.4 Å². The molecule has 1 aliphatic heterocycles. The average Bonchev–Trinajstić information content (AvgIpc) is 2.91. The number of amides is 2. The van der Waals surface area contributed by atoms with Crippen LogP contribution in [0.4, 0.5) is 10.5 Å². The van der Waals surface area contributed by atoms with Gasteiger partial charge in [0.15, 0.2) is 0 Å². The summed E-state index contributed by atoms with van der Waals surface area (Å²) in [5.41, 5.74) is 0.458. The van der Waals surface area contributed by atoms with Gasteiger partial charge in [-0.25, -0.2) is 4.79 Å². The molecule has 2 N–H and O–H groups in total. The Hall–Kier alpha value is -1.71. The van der Waals surface area contributed by atoms with Crippen LogP contribution in [0.2, 0.25) is 0 Å². The topological polar surface area (TPSA) is 52.3 Å². The maximum atomic E-state index is 11.2. The van der Waals surface area contributed by atoms with Crippen molar-refractivity contribution in [3.63, 3.8) is 0 Å². The zero-order valence-corrected chi connectivity index (χ0v) is 7.03. The molecule has 0 bridgehead atoms. The summed E-state index contributed by atoms with van der Waals surface area (Å²) in [4.78, 5) is 12.9. The molecule has 13 heavy (non-hydrogen) atoms. The number of carbonyl (C=O) groups excluding carboxylic acids is 1. The molecule has 1 aromatic carbocycles. The zero-order chi connectivity index (χ0) is 9.26. The number of urea groups is 1. The molecular weight excluding hydrogens is 168 g/mol. The van der Waals surface area contributed by atoms with Gasteiger partial charge in [-0.1, -0.05) is 12.1 Å². The molecule has 1 aromatic rings. The molecule has 4 nitrogen and oxygen atoms in total. The summed E-state index contributed by atoms with van der Waals surface area (Å²) in [6.07, 6.45) is 0. The lowest BCUT2D eigenvalue weighted by molar-refractivity contribution is 0.242. The van der Waals surface area contributed by atoms with E-state index in [0.717, 1.165) is 13.1 Å². The smallest absolute Gasteiger partial charge is 0.322 e. The third-order valence-corrected chi connectivity index (χ3v) is 1.88. The molecular formula is C9H10N2O2. The van der Waals surface area contributed by atoms with E-state index in [-0.39, 0.29) is 11.8 Å². The van der Waals surface area contributed by atoms with Crippen LogP contribution in [0.25, 0.3) is 0 Å². The van der Waals surface area contributed by atoms with E-state index in [1.54, 1.807) is 23.1 Å². The highest BCUT2D eigenvalue weighted by molar-refractivity contribution is 5.92. The minimum Gasteiger partial charge on any atom is -0.506 e. The number of phenolic OH excluding ortho intramolecular Hbond substituents is 1. The molecule has 0 atom stereocenters. The molecule has 1 heterocycles. The SMILES string of the molecule is O=C(Nc1ccccc1O)N1CC1. The number of benzene rings is 1. The second-order valence-corrected chi connectivity index (χ2v) is 2.93. The van der Waals surface area contributed by atoms with Gasteiger partial charge >= 0.3 is 6.03 Å². The van der Waals surface area contributed by atoms with Gasteiger partial charge < -0.3 is 15.3 Å². The van der Waals surface area contributed by atoms with Crippen molar-refractivity contribution in [3.05, 3.63) is 24.3 Å². The second-order valence-electron chi connectivity index (χ2n) is 2.93. The number of hydrogen-bond acceptors (Lipinski definition) is 2. The van der Waals surface area contributed by atoms with Crippen LogP contribution in [0.1, 0.15) is 0 Å². The summed E-state index contributed by atoms with van der Waals surface area (Å²) in [6.45, 7) is 1.61. The van der Waals surface area contributed by atoms with E-state index >= 15 is 0 Å². The normalized spacial score (nSPS) is 14.0. The lowest BCUT2D eigenvalue weighted by Gasteiger charge is -2.06. The molecule has 2 amide bonds. The maximum Gasteiger partial charge on any atom is 0.322 e. The van der Waals surface area contributed by atoms with E-state index in [9.17, 15) is 9.90 Å². The number of carbonyl (C=O) groups is 1. The van der Waals surface area contributed by atoms with Crippen LogP contribution in [0.15, 0.2) is 24.3 Å².